The standard InChI is InChI=1S/C21H22N/c1-15-9-5-6-12-18(15)21-19(13-8-14-22(21)4)20-16(2)10-7-11-17(20)3/h5-14H,1-4H3/q+1/i2D3,3D3. The van der Waals surface area contributed by atoms with E-state index in [-0.39, 0.29) is 16.7 Å². The topological polar surface area (TPSA) is 3.88 Å². The van der Waals surface area contributed by atoms with E-state index in [2.05, 4.69) is 0 Å². The van der Waals surface area contributed by atoms with Crippen LogP contribution in [0.15, 0.2) is 60.8 Å². The maximum atomic E-state index is 7.98. The predicted octanol–water partition coefficient (Wildman–Crippen LogP) is 4.77. The van der Waals surface area contributed by atoms with Crippen molar-refractivity contribution >= 4 is 0 Å². The Hall–Kier alpha value is -2.41. The van der Waals surface area contributed by atoms with Crippen molar-refractivity contribution < 1.29 is 12.8 Å². The van der Waals surface area contributed by atoms with Crippen LogP contribution in [0.4, 0.5) is 0 Å². The first-order chi connectivity index (χ1) is 13.0. The SMILES string of the molecule is [2H]C([2H])([2H])c1cccc(C([2H])([2H])[2H])c1-c1ccc[n+](C)c1-c1ccccc1C. The molecule has 22 heavy (non-hydrogen) atoms. The van der Waals surface area contributed by atoms with E-state index in [1.807, 2.05) is 49.0 Å². The predicted molar refractivity (Wildman–Crippen MR) is 92.7 cm³/mol. The second-order valence-corrected chi connectivity index (χ2v) is 5.42. The van der Waals surface area contributed by atoms with Crippen molar-refractivity contribution in [2.45, 2.75) is 20.6 Å². The maximum absolute atomic E-state index is 7.98. The summed E-state index contributed by atoms with van der Waals surface area (Å²) in [6.45, 7) is -2.89. The third-order valence-corrected chi connectivity index (χ3v) is 3.91. The van der Waals surface area contributed by atoms with Crippen molar-refractivity contribution in [3.05, 3.63) is 77.5 Å². The van der Waals surface area contributed by atoms with E-state index in [1.165, 1.54) is 18.2 Å². The molecule has 0 N–H and O–H groups in total. The molecule has 1 heterocycles. The van der Waals surface area contributed by atoms with Crippen LogP contribution in [-0.4, -0.2) is 0 Å². The van der Waals surface area contributed by atoms with Gasteiger partial charge in [-0.25, -0.2) is 4.57 Å². The molecule has 0 radical (unpaired) electrons. The molecule has 0 aliphatic heterocycles. The zero-order valence-electron chi connectivity index (χ0n) is 18.7. The zero-order valence-corrected chi connectivity index (χ0v) is 12.7. The Morgan fingerprint density at radius 3 is 2.09 bits per heavy atom. The number of aryl methyl sites for hydroxylation is 4. The van der Waals surface area contributed by atoms with Gasteiger partial charge in [0.05, 0.1) is 5.56 Å². The van der Waals surface area contributed by atoms with Gasteiger partial charge in [0.2, 0.25) is 5.69 Å². The van der Waals surface area contributed by atoms with Crippen LogP contribution in [0.2, 0.25) is 0 Å². The van der Waals surface area contributed by atoms with Crippen LogP contribution >= 0.6 is 0 Å². The summed E-state index contributed by atoms with van der Waals surface area (Å²) in [5, 5.41) is 0. The molecular formula is C21H22N+. The molecule has 0 spiro atoms. The molecular weight excluding hydrogens is 266 g/mol. The highest BCUT2D eigenvalue weighted by atomic mass is 14.9. The first kappa shape index (κ1) is 8.89. The number of rotatable bonds is 2. The van der Waals surface area contributed by atoms with Gasteiger partial charge in [0, 0.05) is 19.9 Å². The van der Waals surface area contributed by atoms with Gasteiger partial charge in [-0.3, -0.25) is 0 Å². The Kier molecular flexibility index (Phi) is 2.33. The van der Waals surface area contributed by atoms with Gasteiger partial charge in [-0.1, -0.05) is 36.4 Å². The number of nitrogens with zero attached hydrogens (tertiary/aromatic N) is 1. The molecule has 3 rings (SSSR count). The smallest absolute Gasteiger partial charge is 0.200 e. The molecule has 0 aliphatic rings. The molecule has 0 aliphatic carbocycles. The van der Waals surface area contributed by atoms with Crippen LogP contribution in [0.25, 0.3) is 22.4 Å². The molecule has 1 nitrogen and oxygen atoms in total. The molecule has 0 amide bonds. The zero-order chi connectivity index (χ0) is 20.7. The Balaban J connectivity index is 2.47. The van der Waals surface area contributed by atoms with Crippen LogP contribution in [0, 0.1) is 20.6 Å². The van der Waals surface area contributed by atoms with Gasteiger partial charge < -0.3 is 0 Å². The van der Waals surface area contributed by atoms with Gasteiger partial charge in [0.25, 0.3) is 0 Å². The van der Waals surface area contributed by atoms with Crippen LogP contribution in [-0.2, 0) is 7.05 Å². The number of pyridine rings is 1. The lowest BCUT2D eigenvalue weighted by Gasteiger charge is -2.14. The fourth-order valence-electron chi connectivity index (χ4n) is 2.83. The van der Waals surface area contributed by atoms with Crippen molar-refractivity contribution in [1.29, 1.82) is 0 Å². The van der Waals surface area contributed by atoms with E-state index in [9.17, 15) is 0 Å². The van der Waals surface area contributed by atoms with Gasteiger partial charge in [0.1, 0.15) is 7.05 Å². The fraction of sp³-hybridized carbons (Fsp3) is 0.190. The van der Waals surface area contributed by atoms with Gasteiger partial charge in [0.15, 0.2) is 6.20 Å². The molecule has 0 saturated carbocycles. The van der Waals surface area contributed by atoms with Gasteiger partial charge in [-0.2, -0.15) is 0 Å². The fourth-order valence-corrected chi connectivity index (χ4v) is 2.83. The number of benzene rings is 2. The van der Waals surface area contributed by atoms with Crippen molar-refractivity contribution in [3.63, 3.8) is 0 Å². The number of hydrogen-bond donors (Lipinski definition) is 0. The van der Waals surface area contributed by atoms with Gasteiger partial charge in [-0.05, 0) is 55.0 Å². The summed E-state index contributed by atoms with van der Waals surface area (Å²) in [7, 11) is 1.87. The van der Waals surface area contributed by atoms with Crippen molar-refractivity contribution in [1.82, 2.24) is 0 Å². The third-order valence-electron chi connectivity index (χ3n) is 3.91. The maximum Gasteiger partial charge on any atom is 0.220 e. The molecule has 0 atom stereocenters. The summed E-state index contributed by atoms with van der Waals surface area (Å²) >= 11 is 0. The van der Waals surface area contributed by atoms with E-state index >= 15 is 0 Å². The van der Waals surface area contributed by atoms with E-state index in [1.54, 1.807) is 12.1 Å². The van der Waals surface area contributed by atoms with Gasteiger partial charge >= 0.3 is 0 Å². The van der Waals surface area contributed by atoms with E-state index in [4.69, 9.17) is 8.22 Å². The van der Waals surface area contributed by atoms with Crippen molar-refractivity contribution in [2.75, 3.05) is 0 Å². The summed E-state index contributed by atoms with van der Waals surface area (Å²) in [4.78, 5) is 0. The average Bonchev–Trinajstić information content (AvgIpc) is 2.60. The minimum absolute atomic E-state index is 0.0437. The summed E-state index contributed by atoms with van der Waals surface area (Å²) in [5.74, 6) is 0. The van der Waals surface area contributed by atoms with E-state index < -0.39 is 13.7 Å². The third kappa shape index (κ3) is 2.43. The van der Waals surface area contributed by atoms with E-state index in [0.717, 1.165) is 16.8 Å². The molecule has 1 aromatic heterocycles. The lowest BCUT2D eigenvalue weighted by atomic mass is 9.91. The molecule has 110 valence electrons. The molecule has 0 fully saturated rings. The highest BCUT2D eigenvalue weighted by Gasteiger charge is 2.20. The number of hydrogen-bond acceptors (Lipinski definition) is 0. The Labute approximate surface area is 141 Å². The average molecular weight is 294 g/mol. The monoisotopic (exact) mass is 294 g/mol. The summed E-state index contributed by atoms with van der Waals surface area (Å²) in [6.07, 6.45) is 1.87. The molecule has 2 aromatic carbocycles. The first-order valence-electron chi connectivity index (χ1n) is 10.2. The van der Waals surface area contributed by atoms with Crippen LogP contribution < -0.4 is 4.57 Å². The lowest BCUT2D eigenvalue weighted by Crippen LogP contribution is -2.31. The molecule has 3 aromatic rings. The summed E-state index contributed by atoms with van der Waals surface area (Å²) in [5.41, 5.74) is 3.67. The Morgan fingerprint density at radius 2 is 1.41 bits per heavy atom. The minimum Gasteiger partial charge on any atom is -0.200 e. The largest absolute Gasteiger partial charge is 0.220 e. The first-order valence-corrected chi connectivity index (χ1v) is 7.21. The second kappa shape index (κ2) is 5.76. The second-order valence-electron chi connectivity index (χ2n) is 5.42. The molecule has 0 unspecified atom stereocenters. The lowest BCUT2D eigenvalue weighted by molar-refractivity contribution is -0.660. The normalized spacial score (nSPS) is 15.9. The van der Waals surface area contributed by atoms with Gasteiger partial charge in [-0.15, -0.1) is 0 Å². The van der Waals surface area contributed by atoms with Crippen molar-refractivity contribution in [3.8, 4) is 22.4 Å². The number of aromatic nitrogens is 1. The van der Waals surface area contributed by atoms with Crippen LogP contribution in [0.1, 0.15) is 24.9 Å². The molecule has 1 heteroatoms. The Bertz CT molecular complexity index is 986. The summed E-state index contributed by atoms with van der Waals surface area (Å²) in [6, 6.07) is 15.9. The molecule has 0 bridgehead atoms. The highest BCUT2D eigenvalue weighted by molar-refractivity contribution is 5.83. The Morgan fingerprint density at radius 1 is 0.773 bits per heavy atom. The quantitative estimate of drug-likeness (QED) is 0.599. The summed E-state index contributed by atoms with van der Waals surface area (Å²) < 4.78 is 49.8. The molecule has 0 saturated heterocycles. The highest BCUT2D eigenvalue weighted by Crippen LogP contribution is 2.34. The van der Waals surface area contributed by atoms with Crippen LogP contribution in [0.5, 0.6) is 0 Å². The van der Waals surface area contributed by atoms with Crippen LogP contribution in [0.3, 0.4) is 0 Å². The minimum atomic E-state index is -2.44. The van der Waals surface area contributed by atoms with Crippen molar-refractivity contribution in [2.24, 2.45) is 7.05 Å². The van der Waals surface area contributed by atoms with E-state index in [0.29, 0.717) is 5.56 Å².